The van der Waals surface area contributed by atoms with Gasteiger partial charge in [0, 0.05) is 45.8 Å². The van der Waals surface area contributed by atoms with Gasteiger partial charge in [0.05, 0.1) is 6.54 Å². The van der Waals surface area contributed by atoms with Crippen LogP contribution < -0.4 is 0 Å². The van der Waals surface area contributed by atoms with Crippen LogP contribution in [0.4, 0.5) is 4.39 Å². The van der Waals surface area contributed by atoms with Crippen LogP contribution in [0.15, 0.2) is 101 Å². The van der Waals surface area contributed by atoms with Crippen molar-refractivity contribution in [2.75, 3.05) is 26.2 Å². The van der Waals surface area contributed by atoms with Gasteiger partial charge in [0.15, 0.2) is 5.76 Å². The summed E-state index contributed by atoms with van der Waals surface area (Å²) >= 11 is 0. The Morgan fingerprint density at radius 1 is 0.703 bits per heavy atom. The Hall–Kier alpha value is -3.74. The Balaban J connectivity index is 1.20. The number of hydrogen-bond acceptors (Lipinski definition) is 4. The van der Waals surface area contributed by atoms with Gasteiger partial charge in [-0.1, -0.05) is 72.8 Å². The summed E-state index contributed by atoms with van der Waals surface area (Å²) in [6.07, 6.45) is 0. The minimum absolute atomic E-state index is 0.0567. The summed E-state index contributed by atoms with van der Waals surface area (Å²) in [4.78, 5) is 19.6. The van der Waals surface area contributed by atoms with Gasteiger partial charge in [-0.2, -0.15) is 0 Å². The van der Waals surface area contributed by atoms with E-state index in [1.54, 1.807) is 6.07 Å². The standard InChI is InChI=1S/C31H32FN3O2/c32-28-13-11-27(12-14-28)23-34(22-26-9-5-2-6-10-26)24-29-15-16-30(37-29)31(36)35-19-17-33(18-20-35)21-25-7-3-1-4-8-25/h1-16H,17-24H2. The third kappa shape index (κ3) is 6.94. The lowest BCUT2D eigenvalue weighted by Gasteiger charge is -2.34. The molecule has 1 aromatic heterocycles. The molecule has 5 rings (SSSR count). The van der Waals surface area contributed by atoms with E-state index in [2.05, 4.69) is 46.2 Å². The predicted molar refractivity (Wildman–Crippen MR) is 142 cm³/mol. The highest BCUT2D eigenvalue weighted by atomic mass is 19.1. The van der Waals surface area contributed by atoms with Crippen LogP contribution in [0.1, 0.15) is 33.0 Å². The first kappa shape index (κ1) is 24.9. The fraction of sp³-hybridized carbons (Fsp3) is 0.258. The van der Waals surface area contributed by atoms with Crippen LogP contribution in [0.5, 0.6) is 0 Å². The summed E-state index contributed by atoms with van der Waals surface area (Å²) < 4.78 is 19.4. The maximum Gasteiger partial charge on any atom is 0.289 e. The molecule has 1 fully saturated rings. The van der Waals surface area contributed by atoms with Crippen molar-refractivity contribution in [1.82, 2.24) is 14.7 Å². The van der Waals surface area contributed by atoms with E-state index in [0.717, 1.165) is 31.0 Å². The zero-order valence-corrected chi connectivity index (χ0v) is 20.9. The fourth-order valence-corrected chi connectivity index (χ4v) is 4.76. The van der Waals surface area contributed by atoms with Crippen molar-refractivity contribution in [2.45, 2.75) is 26.2 Å². The Morgan fingerprint density at radius 2 is 1.30 bits per heavy atom. The molecule has 0 bridgehead atoms. The number of rotatable bonds is 9. The monoisotopic (exact) mass is 497 g/mol. The van der Waals surface area contributed by atoms with Crippen molar-refractivity contribution in [1.29, 1.82) is 0 Å². The van der Waals surface area contributed by atoms with Gasteiger partial charge in [-0.3, -0.25) is 14.6 Å². The van der Waals surface area contributed by atoms with Gasteiger partial charge in [0.2, 0.25) is 0 Å². The van der Waals surface area contributed by atoms with E-state index < -0.39 is 0 Å². The molecule has 0 N–H and O–H groups in total. The second-order valence-corrected chi connectivity index (χ2v) is 9.58. The third-order valence-electron chi connectivity index (χ3n) is 6.73. The zero-order valence-electron chi connectivity index (χ0n) is 20.9. The molecule has 0 spiro atoms. The van der Waals surface area contributed by atoms with Crippen molar-refractivity contribution in [3.05, 3.63) is 131 Å². The summed E-state index contributed by atoms with van der Waals surface area (Å²) in [6, 6.07) is 30.9. The van der Waals surface area contributed by atoms with Crippen molar-refractivity contribution in [2.24, 2.45) is 0 Å². The van der Waals surface area contributed by atoms with Crippen LogP contribution in [0, 0.1) is 5.82 Å². The minimum atomic E-state index is -0.242. The Kier molecular flexibility index (Phi) is 8.08. The third-order valence-corrected chi connectivity index (χ3v) is 6.73. The summed E-state index contributed by atoms with van der Waals surface area (Å²) in [5.74, 6) is 0.823. The van der Waals surface area contributed by atoms with Gasteiger partial charge in [0.25, 0.3) is 5.91 Å². The number of amides is 1. The molecular weight excluding hydrogens is 465 g/mol. The number of halogens is 1. The topological polar surface area (TPSA) is 39.9 Å². The molecule has 0 aliphatic carbocycles. The van der Waals surface area contributed by atoms with E-state index in [-0.39, 0.29) is 11.7 Å². The summed E-state index contributed by atoms with van der Waals surface area (Å²) in [7, 11) is 0. The SMILES string of the molecule is O=C(c1ccc(CN(Cc2ccccc2)Cc2ccc(F)cc2)o1)N1CCN(Cc2ccccc2)CC1. The second-order valence-electron chi connectivity index (χ2n) is 9.58. The van der Waals surface area contributed by atoms with Crippen LogP contribution in [-0.4, -0.2) is 46.8 Å². The van der Waals surface area contributed by atoms with Crippen LogP contribution >= 0.6 is 0 Å². The number of carbonyl (C=O) groups excluding carboxylic acids is 1. The molecule has 0 atom stereocenters. The van der Waals surface area contributed by atoms with E-state index in [4.69, 9.17) is 4.42 Å². The quantitative estimate of drug-likeness (QED) is 0.303. The minimum Gasteiger partial charge on any atom is -0.455 e. The molecule has 1 aliphatic rings. The molecule has 3 aromatic carbocycles. The summed E-state index contributed by atoms with van der Waals surface area (Å²) in [5, 5.41) is 0. The number of piperazine rings is 1. The van der Waals surface area contributed by atoms with Gasteiger partial charge >= 0.3 is 0 Å². The first-order valence-electron chi connectivity index (χ1n) is 12.8. The molecule has 5 nitrogen and oxygen atoms in total. The first-order chi connectivity index (χ1) is 18.1. The summed E-state index contributed by atoms with van der Waals surface area (Å²) in [5.41, 5.74) is 3.49. The van der Waals surface area contributed by atoms with Crippen LogP contribution in [0.3, 0.4) is 0 Å². The van der Waals surface area contributed by atoms with Crippen LogP contribution in [0.2, 0.25) is 0 Å². The highest BCUT2D eigenvalue weighted by molar-refractivity contribution is 5.91. The maximum absolute atomic E-state index is 13.4. The normalized spacial score (nSPS) is 14.3. The molecule has 190 valence electrons. The average molecular weight is 498 g/mol. The lowest BCUT2D eigenvalue weighted by atomic mass is 10.1. The van der Waals surface area contributed by atoms with E-state index in [9.17, 15) is 9.18 Å². The van der Waals surface area contributed by atoms with E-state index in [1.165, 1.54) is 23.3 Å². The predicted octanol–water partition coefficient (Wildman–Crippen LogP) is 5.58. The molecule has 0 radical (unpaired) electrons. The van der Waals surface area contributed by atoms with Crippen molar-refractivity contribution >= 4 is 5.91 Å². The Labute approximate surface area is 217 Å². The molecular formula is C31H32FN3O2. The van der Waals surface area contributed by atoms with E-state index >= 15 is 0 Å². The van der Waals surface area contributed by atoms with Gasteiger partial charge in [-0.05, 0) is 41.0 Å². The highest BCUT2D eigenvalue weighted by Crippen LogP contribution is 2.19. The van der Waals surface area contributed by atoms with Crippen LogP contribution in [-0.2, 0) is 26.2 Å². The zero-order chi connectivity index (χ0) is 25.5. The molecule has 0 saturated carbocycles. The number of nitrogens with zero attached hydrogens (tertiary/aromatic N) is 3. The molecule has 6 heteroatoms. The number of benzene rings is 3. The lowest BCUT2D eigenvalue weighted by Crippen LogP contribution is -2.48. The highest BCUT2D eigenvalue weighted by Gasteiger charge is 2.24. The van der Waals surface area contributed by atoms with Gasteiger partial charge < -0.3 is 9.32 Å². The number of furan rings is 1. The maximum atomic E-state index is 13.4. The van der Waals surface area contributed by atoms with Gasteiger partial charge in [-0.25, -0.2) is 4.39 Å². The van der Waals surface area contributed by atoms with Crippen molar-refractivity contribution in [3.8, 4) is 0 Å². The van der Waals surface area contributed by atoms with E-state index in [1.807, 2.05) is 47.4 Å². The van der Waals surface area contributed by atoms with Gasteiger partial charge in [-0.15, -0.1) is 0 Å². The molecule has 0 unspecified atom stereocenters. The Bertz CT molecular complexity index is 1270. The molecule has 1 saturated heterocycles. The lowest BCUT2D eigenvalue weighted by molar-refractivity contribution is 0.0594. The molecule has 4 aromatic rings. The second kappa shape index (κ2) is 12.0. The van der Waals surface area contributed by atoms with Crippen molar-refractivity contribution < 1.29 is 13.6 Å². The van der Waals surface area contributed by atoms with Gasteiger partial charge in [0.1, 0.15) is 11.6 Å². The van der Waals surface area contributed by atoms with E-state index in [0.29, 0.717) is 38.5 Å². The summed E-state index contributed by atoms with van der Waals surface area (Å²) in [6.45, 7) is 5.86. The molecule has 1 aliphatic heterocycles. The number of carbonyl (C=O) groups is 1. The molecule has 2 heterocycles. The first-order valence-corrected chi connectivity index (χ1v) is 12.8. The number of hydrogen-bond donors (Lipinski definition) is 0. The van der Waals surface area contributed by atoms with Crippen LogP contribution in [0.25, 0.3) is 0 Å². The molecule has 37 heavy (non-hydrogen) atoms. The smallest absolute Gasteiger partial charge is 0.289 e. The fourth-order valence-electron chi connectivity index (χ4n) is 4.76. The van der Waals surface area contributed by atoms with Crippen molar-refractivity contribution in [3.63, 3.8) is 0 Å². The largest absolute Gasteiger partial charge is 0.455 e. The molecule has 1 amide bonds. The Morgan fingerprint density at radius 3 is 1.95 bits per heavy atom. The average Bonchev–Trinajstić information content (AvgIpc) is 3.39.